The number of rotatable bonds is 2. The van der Waals surface area contributed by atoms with Gasteiger partial charge >= 0.3 is 0 Å². The van der Waals surface area contributed by atoms with E-state index in [4.69, 9.17) is 4.74 Å². The fourth-order valence-corrected chi connectivity index (χ4v) is 1.47. The average molecular weight is 187 g/mol. The average Bonchev–Trinajstić information content (AvgIpc) is 2.67. The van der Waals surface area contributed by atoms with E-state index in [1.165, 1.54) is 5.56 Å². The van der Waals surface area contributed by atoms with Crippen molar-refractivity contribution in [2.75, 3.05) is 7.11 Å². The molecule has 0 spiro atoms. The molecule has 72 valence electrons. The van der Waals surface area contributed by atoms with Crippen molar-refractivity contribution in [1.82, 2.24) is 4.98 Å². The molecule has 1 aromatic carbocycles. The molecule has 1 N–H and O–H groups in total. The Morgan fingerprint density at radius 2 is 1.79 bits per heavy atom. The maximum atomic E-state index is 5.24. The summed E-state index contributed by atoms with van der Waals surface area (Å²) in [7, 11) is 1.68. The standard InChI is InChI=1S/C12H13NO/c1-9-3-5-10(6-4-9)12-11(14-2)7-8-13-12/h3-8,13H,1-2H3. The Hall–Kier alpha value is -1.70. The highest BCUT2D eigenvalue weighted by atomic mass is 16.5. The molecule has 0 radical (unpaired) electrons. The van der Waals surface area contributed by atoms with Gasteiger partial charge in [-0.05, 0) is 13.0 Å². The fraction of sp³-hybridized carbons (Fsp3) is 0.167. The van der Waals surface area contributed by atoms with Crippen LogP contribution in [-0.2, 0) is 0 Å². The van der Waals surface area contributed by atoms with Crippen molar-refractivity contribution in [3.63, 3.8) is 0 Å². The Balaban J connectivity index is 2.44. The summed E-state index contributed by atoms with van der Waals surface area (Å²) in [6.45, 7) is 2.08. The molecular formula is C12H13NO. The van der Waals surface area contributed by atoms with Crippen LogP contribution in [0.25, 0.3) is 11.3 Å². The molecule has 0 aliphatic heterocycles. The number of aryl methyl sites for hydroxylation is 1. The fourth-order valence-electron chi connectivity index (χ4n) is 1.47. The highest BCUT2D eigenvalue weighted by Gasteiger charge is 2.05. The molecule has 0 saturated heterocycles. The first-order valence-corrected chi connectivity index (χ1v) is 4.59. The number of H-pyrrole nitrogens is 1. The summed E-state index contributed by atoms with van der Waals surface area (Å²) in [5, 5.41) is 0. The predicted octanol–water partition coefficient (Wildman–Crippen LogP) is 3.00. The highest BCUT2D eigenvalue weighted by molar-refractivity contribution is 5.66. The highest BCUT2D eigenvalue weighted by Crippen LogP contribution is 2.27. The van der Waals surface area contributed by atoms with Crippen molar-refractivity contribution >= 4 is 0 Å². The van der Waals surface area contributed by atoms with E-state index in [-0.39, 0.29) is 0 Å². The molecule has 0 bridgehead atoms. The van der Waals surface area contributed by atoms with E-state index in [1.54, 1.807) is 7.11 Å². The molecule has 1 heterocycles. The van der Waals surface area contributed by atoms with Gasteiger partial charge in [-0.15, -0.1) is 0 Å². The SMILES string of the molecule is COc1cc[nH]c1-c1ccc(C)cc1. The number of aromatic nitrogens is 1. The molecular weight excluding hydrogens is 174 g/mol. The van der Waals surface area contributed by atoms with E-state index in [9.17, 15) is 0 Å². The van der Waals surface area contributed by atoms with Gasteiger partial charge < -0.3 is 9.72 Å². The summed E-state index contributed by atoms with van der Waals surface area (Å²) in [5.74, 6) is 0.883. The molecule has 2 heteroatoms. The van der Waals surface area contributed by atoms with Crippen molar-refractivity contribution < 1.29 is 4.74 Å². The Morgan fingerprint density at radius 3 is 2.43 bits per heavy atom. The molecule has 2 aromatic rings. The second kappa shape index (κ2) is 3.58. The summed E-state index contributed by atoms with van der Waals surface area (Å²) >= 11 is 0. The van der Waals surface area contributed by atoms with E-state index in [0.717, 1.165) is 17.0 Å². The number of nitrogens with one attached hydrogen (secondary N) is 1. The van der Waals surface area contributed by atoms with E-state index in [2.05, 4.69) is 36.2 Å². The molecule has 2 nitrogen and oxygen atoms in total. The van der Waals surface area contributed by atoms with Gasteiger partial charge in [-0.3, -0.25) is 0 Å². The Labute approximate surface area is 83.5 Å². The van der Waals surface area contributed by atoms with Crippen LogP contribution in [0, 0.1) is 6.92 Å². The zero-order valence-electron chi connectivity index (χ0n) is 8.37. The molecule has 0 aliphatic rings. The van der Waals surface area contributed by atoms with Gasteiger partial charge in [0.15, 0.2) is 0 Å². The van der Waals surface area contributed by atoms with Crippen LogP contribution in [0.2, 0.25) is 0 Å². The summed E-state index contributed by atoms with van der Waals surface area (Å²) in [6, 6.07) is 10.3. The number of methoxy groups -OCH3 is 1. The maximum Gasteiger partial charge on any atom is 0.144 e. The van der Waals surface area contributed by atoms with Crippen LogP contribution in [0.4, 0.5) is 0 Å². The van der Waals surface area contributed by atoms with Gasteiger partial charge in [0.2, 0.25) is 0 Å². The van der Waals surface area contributed by atoms with E-state index in [1.807, 2.05) is 12.3 Å². The minimum atomic E-state index is 0.883. The van der Waals surface area contributed by atoms with Crippen LogP contribution >= 0.6 is 0 Å². The van der Waals surface area contributed by atoms with E-state index >= 15 is 0 Å². The molecule has 0 fully saturated rings. The van der Waals surface area contributed by atoms with Gasteiger partial charge in [-0.1, -0.05) is 29.8 Å². The number of aromatic amines is 1. The third-order valence-corrected chi connectivity index (χ3v) is 2.27. The van der Waals surface area contributed by atoms with Crippen LogP contribution in [0.5, 0.6) is 5.75 Å². The van der Waals surface area contributed by atoms with Crippen LogP contribution in [0.1, 0.15) is 5.56 Å². The molecule has 0 unspecified atom stereocenters. The third-order valence-electron chi connectivity index (χ3n) is 2.27. The maximum absolute atomic E-state index is 5.24. The van der Waals surface area contributed by atoms with Crippen molar-refractivity contribution in [1.29, 1.82) is 0 Å². The van der Waals surface area contributed by atoms with Crippen molar-refractivity contribution in [3.05, 3.63) is 42.1 Å². The Bertz CT molecular complexity index is 414. The van der Waals surface area contributed by atoms with Crippen LogP contribution in [0.3, 0.4) is 0 Å². The molecule has 14 heavy (non-hydrogen) atoms. The topological polar surface area (TPSA) is 25.0 Å². The van der Waals surface area contributed by atoms with Gasteiger partial charge in [0.05, 0.1) is 12.8 Å². The van der Waals surface area contributed by atoms with Gasteiger partial charge in [0.1, 0.15) is 5.75 Å². The molecule has 1 aromatic heterocycles. The first-order chi connectivity index (χ1) is 6.81. The van der Waals surface area contributed by atoms with E-state index in [0.29, 0.717) is 0 Å². The van der Waals surface area contributed by atoms with Crippen molar-refractivity contribution in [3.8, 4) is 17.0 Å². The first-order valence-electron chi connectivity index (χ1n) is 4.59. The monoisotopic (exact) mass is 187 g/mol. The largest absolute Gasteiger partial charge is 0.494 e. The van der Waals surface area contributed by atoms with Crippen molar-refractivity contribution in [2.24, 2.45) is 0 Å². The molecule has 0 atom stereocenters. The van der Waals surface area contributed by atoms with Gasteiger partial charge in [-0.2, -0.15) is 0 Å². The van der Waals surface area contributed by atoms with Crippen LogP contribution in [0.15, 0.2) is 36.5 Å². The van der Waals surface area contributed by atoms with Crippen LogP contribution in [-0.4, -0.2) is 12.1 Å². The number of hydrogen-bond donors (Lipinski definition) is 1. The number of ether oxygens (including phenoxy) is 1. The minimum absolute atomic E-state index is 0.883. The normalized spacial score (nSPS) is 10.1. The van der Waals surface area contributed by atoms with Crippen LogP contribution < -0.4 is 4.74 Å². The quantitative estimate of drug-likeness (QED) is 0.768. The molecule has 2 rings (SSSR count). The smallest absolute Gasteiger partial charge is 0.144 e. The third kappa shape index (κ3) is 1.51. The van der Waals surface area contributed by atoms with Crippen molar-refractivity contribution in [2.45, 2.75) is 6.92 Å². The lowest BCUT2D eigenvalue weighted by Crippen LogP contribution is -1.84. The van der Waals surface area contributed by atoms with E-state index < -0.39 is 0 Å². The summed E-state index contributed by atoms with van der Waals surface area (Å²) in [4.78, 5) is 3.17. The lowest BCUT2D eigenvalue weighted by molar-refractivity contribution is 0.417. The minimum Gasteiger partial charge on any atom is -0.494 e. The second-order valence-corrected chi connectivity index (χ2v) is 3.29. The Kier molecular flexibility index (Phi) is 2.27. The lowest BCUT2D eigenvalue weighted by atomic mass is 10.1. The zero-order valence-corrected chi connectivity index (χ0v) is 8.37. The Morgan fingerprint density at radius 1 is 1.07 bits per heavy atom. The first kappa shape index (κ1) is 8.88. The number of hydrogen-bond acceptors (Lipinski definition) is 1. The summed E-state index contributed by atoms with van der Waals surface area (Å²) < 4.78 is 5.24. The predicted molar refractivity (Wildman–Crippen MR) is 57.5 cm³/mol. The lowest BCUT2D eigenvalue weighted by Gasteiger charge is -2.03. The number of benzene rings is 1. The summed E-state index contributed by atoms with van der Waals surface area (Å²) in [5.41, 5.74) is 3.45. The second-order valence-electron chi connectivity index (χ2n) is 3.29. The van der Waals surface area contributed by atoms with Gasteiger partial charge in [0.25, 0.3) is 0 Å². The molecule has 0 aliphatic carbocycles. The summed E-state index contributed by atoms with van der Waals surface area (Å²) in [6.07, 6.45) is 1.88. The zero-order chi connectivity index (χ0) is 9.97. The molecule has 0 saturated carbocycles. The molecule has 0 amide bonds. The van der Waals surface area contributed by atoms with Gasteiger partial charge in [-0.25, -0.2) is 0 Å². The van der Waals surface area contributed by atoms with Gasteiger partial charge in [0, 0.05) is 11.8 Å².